The molecule has 3 heterocycles. The average Bonchev–Trinajstić information content (AvgIpc) is 3.42. The average molecular weight is 437 g/mol. The number of hydrogen-bond donors (Lipinski definition) is 0. The fourth-order valence-corrected chi connectivity index (χ4v) is 4.34. The molecule has 4 rings (SSSR count). The molecule has 2 aromatic heterocycles. The van der Waals surface area contributed by atoms with Gasteiger partial charge in [0.1, 0.15) is 5.82 Å². The largest absolute Gasteiger partial charge is 0.347 e. The highest BCUT2D eigenvalue weighted by Crippen LogP contribution is 2.36. The second-order valence-corrected chi connectivity index (χ2v) is 9.11. The molecule has 0 aliphatic carbocycles. The van der Waals surface area contributed by atoms with E-state index in [4.69, 9.17) is 4.98 Å². The minimum atomic E-state index is -0.952. The van der Waals surface area contributed by atoms with Gasteiger partial charge in [0.25, 0.3) is 0 Å². The summed E-state index contributed by atoms with van der Waals surface area (Å²) in [6.45, 7) is 4.72. The first-order valence-electron chi connectivity index (χ1n) is 10.8. The summed E-state index contributed by atoms with van der Waals surface area (Å²) in [5.74, 6) is 0.262. The molecule has 0 radical (unpaired) electrons. The number of halogens is 1. The quantitative estimate of drug-likeness (QED) is 0.614. The van der Waals surface area contributed by atoms with Crippen LogP contribution in [0.4, 0.5) is 10.3 Å². The second-order valence-electron chi connectivity index (χ2n) is 9.11. The van der Waals surface area contributed by atoms with Crippen LogP contribution in [0.15, 0.2) is 42.9 Å². The smallest absolute Gasteiger partial charge is 0.232 e. The van der Waals surface area contributed by atoms with Gasteiger partial charge in [-0.25, -0.2) is 14.4 Å². The van der Waals surface area contributed by atoms with Gasteiger partial charge in [-0.1, -0.05) is 18.2 Å². The van der Waals surface area contributed by atoms with Crippen LogP contribution in [0.5, 0.6) is 0 Å². The lowest BCUT2D eigenvalue weighted by Crippen LogP contribution is -2.42. The van der Waals surface area contributed by atoms with E-state index < -0.39 is 5.41 Å². The highest BCUT2D eigenvalue weighted by Gasteiger charge is 2.39. The molecule has 7 nitrogen and oxygen atoms in total. The Labute approximate surface area is 187 Å². The standard InChI is InChI=1S/C24H29FN6O/c1-24(2,19-8-6-7-9-20(19)25)22(32)31-11-10-16(15-31)21-18(17-12-27-30(5)14-17)13-26-23(28-21)29(3)4/h6-9,12-14,16H,10-11,15H2,1-5H3/t16-/m0/s1. The first kappa shape index (κ1) is 21.9. The summed E-state index contributed by atoms with van der Waals surface area (Å²) in [6, 6.07) is 6.50. The van der Waals surface area contributed by atoms with Crippen molar-refractivity contribution in [1.29, 1.82) is 0 Å². The van der Waals surface area contributed by atoms with Gasteiger partial charge in [-0.05, 0) is 26.3 Å². The minimum absolute atomic E-state index is 0.0623. The molecule has 168 valence electrons. The van der Waals surface area contributed by atoms with Crippen LogP contribution < -0.4 is 4.90 Å². The molecule has 1 aliphatic heterocycles. The molecule has 1 atom stereocenters. The molecule has 32 heavy (non-hydrogen) atoms. The van der Waals surface area contributed by atoms with Gasteiger partial charge in [0.05, 0.1) is 17.3 Å². The van der Waals surface area contributed by atoms with Gasteiger partial charge in [0, 0.05) is 69.2 Å². The molecule has 0 unspecified atom stereocenters. The number of rotatable bonds is 5. The summed E-state index contributed by atoms with van der Waals surface area (Å²) >= 11 is 0. The highest BCUT2D eigenvalue weighted by molar-refractivity contribution is 5.87. The first-order valence-corrected chi connectivity index (χ1v) is 10.8. The molecular weight excluding hydrogens is 407 g/mol. The summed E-state index contributed by atoms with van der Waals surface area (Å²) in [6.07, 6.45) is 6.37. The summed E-state index contributed by atoms with van der Waals surface area (Å²) in [4.78, 5) is 26.5. The number of amides is 1. The maximum Gasteiger partial charge on any atom is 0.232 e. The van der Waals surface area contributed by atoms with Crippen LogP contribution in [-0.4, -0.2) is 57.7 Å². The topological polar surface area (TPSA) is 67.2 Å². The predicted octanol–water partition coefficient (Wildman–Crippen LogP) is 3.38. The molecule has 1 amide bonds. The van der Waals surface area contributed by atoms with Crippen molar-refractivity contribution < 1.29 is 9.18 Å². The fourth-order valence-electron chi connectivity index (χ4n) is 4.34. The van der Waals surface area contributed by atoms with E-state index >= 15 is 0 Å². The summed E-state index contributed by atoms with van der Waals surface area (Å²) < 4.78 is 16.2. The lowest BCUT2D eigenvalue weighted by Gasteiger charge is -2.30. The number of carbonyl (C=O) groups excluding carboxylic acids is 1. The zero-order valence-electron chi connectivity index (χ0n) is 19.2. The zero-order chi connectivity index (χ0) is 23.0. The molecule has 8 heteroatoms. The zero-order valence-corrected chi connectivity index (χ0v) is 19.2. The van der Waals surface area contributed by atoms with E-state index in [1.165, 1.54) is 6.07 Å². The van der Waals surface area contributed by atoms with Gasteiger partial charge in [-0.2, -0.15) is 5.10 Å². The molecule has 1 aromatic carbocycles. The number of anilines is 1. The predicted molar refractivity (Wildman–Crippen MR) is 122 cm³/mol. The van der Waals surface area contributed by atoms with Crippen LogP contribution in [0.25, 0.3) is 11.1 Å². The van der Waals surface area contributed by atoms with Crippen molar-refractivity contribution in [3.05, 3.63) is 59.9 Å². The Morgan fingerprint density at radius 3 is 2.62 bits per heavy atom. The van der Waals surface area contributed by atoms with Gasteiger partial charge >= 0.3 is 0 Å². The van der Waals surface area contributed by atoms with Crippen LogP contribution in [-0.2, 0) is 17.3 Å². The maximum atomic E-state index is 14.4. The van der Waals surface area contributed by atoms with Crippen molar-refractivity contribution in [1.82, 2.24) is 24.6 Å². The van der Waals surface area contributed by atoms with Crippen LogP contribution in [0.3, 0.4) is 0 Å². The summed E-state index contributed by atoms with van der Waals surface area (Å²) in [5.41, 5.74) is 2.25. The van der Waals surface area contributed by atoms with E-state index in [-0.39, 0.29) is 17.6 Å². The van der Waals surface area contributed by atoms with Gasteiger partial charge in [0.15, 0.2) is 0 Å². The highest BCUT2D eigenvalue weighted by atomic mass is 19.1. The van der Waals surface area contributed by atoms with Crippen molar-refractivity contribution in [2.24, 2.45) is 7.05 Å². The van der Waals surface area contributed by atoms with Crippen molar-refractivity contribution in [3.8, 4) is 11.1 Å². The maximum absolute atomic E-state index is 14.4. The molecule has 0 saturated carbocycles. The number of benzene rings is 1. The van der Waals surface area contributed by atoms with Crippen molar-refractivity contribution in [2.75, 3.05) is 32.1 Å². The van der Waals surface area contributed by atoms with Crippen molar-refractivity contribution in [3.63, 3.8) is 0 Å². The van der Waals surface area contributed by atoms with Crippen LogP contribution >= 0.6 is 0 Å². The molecule has 3 aromatic rings. The molecular formula is C24H29FN6O. The number of aromatic nitrogens is 4. The van der Waals surface area contributed by atoms with E-state index in [9.17, 15) is 9.18 Å². The second kappa shape index (κ2) is 8.33. The van der Waals surface area contributed by atoms with Gasteiger partial charge in [-0.3, -0.25) is 9.48 Å². The summed E-state index contributed by atoms with van der Waals surface area (Å²) in [7, 11) is 5.69. The first-order chi connectivity index (χ1) is 15.2. The SMILES string of the molecule is CN(C)c1ncc(-c2cnn(C)c2)c([C@H]2CCN(C(=O)C(C)(C)c3ccccc3F)C2)n1. The van der Waals surface area contributed by atoms with E-state index in [1.54, 1.807) is 42.9 Å². The van der Waals surface area contributed by atoms with Gasteiger partial charge in [0.2, 0.25) is 11.9 Å². The fraction of sp³-hybridized carbons (Fsp3) is 0.417. The third-order valence-corrected chi connectivity index (χ3v) is 6.17. The number of hydrogen-bond acceptors (Lipinski definition) is 5. The minimum Gasteiger partial charge on any atom is -0.347 e. The normalized spacial score (nSPS) is 16.4. The lowest BCUT2D eigenvalue weighted by molar-refractivity contribution is -0.135. The molecule has 0 N–H and O–H groups in total. The van der Waals surface area contributed by atoms with E-state index in [0.29, 0.717) is 24.6 Å². The third-order valence-electron chi connectivity index (χ3n) is 6.17. The molecule has 1 aliphatic rings. The molecule has 1 fully saturated rings. The Morgan fingerprint density at radius 2 is 1.97 bits per heavy atom. The molecule has 0 bridgehead atoms. The molecule has 0 spiro atoms. The Hall–Kier alpha value is -3.29. The van der Waals surface area contributed by atoms with Gasteiger partial charge < -0.3 is 9.80 Å². The van der Waals surface area contributed by atoms with Crippen LogP contribution in [0, 0.1) is 5.82 Å². The number of carbonyl (C=O) groups is 1. The Bertz CT molecular complexity index is 1140. The Kier molecular flexibility index (Phi) is 5.71. The van der Waals surface area contributed by atoms with Crippen molar-refractivity contribution in [2.45, 2.75) is 31.6 Å². The van der Waals surface area contributed by atoms with Crippen LogP contribution in [0.2, 0.25) is 0 Å². The number of nitrogens with zero attached hydrogens (tertiary/aromatic N) is 6. The van der Waals surface area contributed by atoms with E-state index in [0.717, 1.165) is 23.2 Å². The Balaban J connectivity index is 1.63. The number of likely N-dealkylation sites (tertiary alicyclic amines) is 1. The van der Waals surface area contributed by atoms with Crippen LogP contribution in [0.1, 0.15) is 37.4 Å². The Morgan fingerprint density at radius 1 is 1.22 bits per heavy atom. The summed E-state index contributed by atoms with van der Waals surface area (Å²) in [5, 5.41) is 4.29. The third kappa shape index (κ3) is 3.97. The van der Waals surface area contributed by atoms with Crippen molar-refractivity contribution >= 4 is 11.9 Å². The van der Waals surface area contributed by atoms with Gasteiger partial charge in [-0.15, -0.1) is 0 Å². The van der Waals surface area contributed by atoms with E-state index in [1.807, 2.05) is 43.3 Å². The van der Waals surface area contributed by atoms with E-state index in [2.05, 4.69) is 10.1 Å². The lowest BCUT2D eigenvalue weighted by atomic mass is 9.83. The molecule has 1 saturated heterocycles. The monoisotopic (exact) mass is 436 g/mol. The number of aryl methyl sites for hydroxylation is 1.